The first-order valence-corrected chi connectivity index (χ1v) is 9.13. The second-order valence-electron chi connectivity index (χ2n) is 6.34. The Bertz CT molecular complexity index is 997. The average Bonchev–Trinajstić information content (AvgIpc) is 3.26. The van der Waals surface area contributed by atoms with Crippen LogP contribution in [-0.4, -0.2) is 55.3 Å². The fourth-order valence-corrected chi connectivity index (χ4v) is 2.86. The molecule has 0 aliphatic carbocycles. The molecular weight excluding hydrogens is 392 g/mol. The Hall–Kier alpha value is -3.77. The Morgan fingerprint density at radius 3 is 2.63 bits per heavy atom. The summed E-state index contributed by atoms with van der Waals surface area (Å²) in [6.07, 6.45) is 1.50. The summed E-state index contributed by atoms with van der Waals surface area (Å²) in [6, 6.07) is 9.79. The second kappa shape index (κ2) is 9.62. The largest absolute Gasteiger partial charge is 0.493 e. The van der Waals surface area contributed by atoms with Crippen molar-refractivity contribution in [3.05, 3.63) is 53.0 Å². The van der Waals surface area contributed by atoms with E-state index in [1.165, 1.54) is 25.3 Å². The van der Waals surface area contributed by atoms with Crippen molar-refractivity contribution in [3.63, 3.8) is 0 Å². The third-order valence-electron chi connectivity index (χ3n) is 4.39. The van der Waals surface area contributed by atoms with Crippen molar-refractivity contribution >= 4 is 18.0 Å². The van der Waals surface area contributed by atoms with Crippen molar-refractivity contribution in [2.75, 3.05) is 33.4 Å². The van der Waals surface area contributed by atoms with Gasteiger partial charge in [0.25, 0.3) is 5.91 Å². The lowest BCUT2D eigenvalue weighted by molar-refractivity contribution is -0.130. The molecule has 1 aromatic carbocycles. The predicted octanol–water partition coefficient (Wildman–Crippen LogP) is 2.33. The first-order valence-electron chi connectivity index (χ1n) is 9.13. The third-order valence-corrected chi connectivity index (χ3v) is 4.39. The van der Waals surface area contributed by atoms with Crippen LogP contribution in [0.1, 0.15) is 21.9 Å². The quantitative estimate of drug-likeness (QED) is 0.543. The summed E-state index contributed by atoms with van der Waals surface area (Å²) in [5, 5.41) is 18.3. The summed E-state index contributed by atoms with van der Waals surface area (Å²) in [5.41, 5.74) is 0.618. The molecule has 9 nitrogen and oxygen atoms in total. The molecule has 1 fully saturated rings. The van der Waals surface area contributed by atoms with Gasteiger partial charge in [0.1, 0.15) is 24.0 Å². The van der Waals surface area contributed by atoms with Crippen molar-refractivity contribution in [1.82, 2.24) is 4.90 Å². The molecule has 9 heteroatoms. The molecule has 1 N–H and O–H groups in total. The number of carbonyl (C=O) groups excluding carboxylic acids is 1. The van der Waals surface area contributed by atoms with Crippen molar-refractivity contribution in [1.29, 1.82) is 5.26 Å². The predicted molar refractivity (Wildman–Crippen MR) is 104 cm³/mol. The molecule has 1 aromatic heterocycles. The van der Waals surface area contributed by atoms with Crippen LogP contribution in [0.5, 0.6) is 11.5 Å². The molecule has 3 rings (SSSR count). The molecule has 156 valence electrons. The fourth-order valence-electron chi connectivity index (χ4n) is 2.86. The molecule has 1 aliphatic rings. The Kier molecular flexibility index (Phi) is 6.72. The van der Waals surface area contributed by atoms with Crippen LogP contribution in [0.3, 0.4) is 0 Å². The Labute approximate surface area is 172 Å². The van der Waals surface area contributed by atoms with Gasteiger partial charge in [0.15, 0.2) is 11.5 Å². The summed E-state index contributed by atoms with van der Waals surface area (Å²) < 4.78 is 21.4. The zero-order valence-corrected chi connectivity index (χ0v) is 16.3. The normalized spacial score (nSPS) is 14.1. The van der Waals surface area contributed by atoms with Gasteiger partial charge in [0.2, 0.25) is 5.76 Å². The van der Waals surface area contributed by atoms with E-state index in [-0.39, 0.29) is 23.8 Å². The van der Waals surface area contributed by atoms with E-state index in [2.05, 4.69) is 0 Å². The van der Waals surface area contributed by atoms with E-state index in [1.807, 2.05) is 6.07 Å². The molecule has 0 spiro atoms. The van der Waals surface area contributed by atoms with Gasteiger partial charge < -0.3 is 28.6 Å². The van der Waals surface area contributed by atoms with E-state index in [0.717, 1.165) is 0 Å². The highest BCUT2D eigenvalue weighted by molar-refractivity contribution is 6.01. The molecule has 0 saturated carbocycles. The molecule has 1 saturated heterocycles. The van der Waals surface area contributed by atoms with Crippen molar-refractivity contribution in [2.45, 2.75) is 6.61 Å². The molecule has 0 unspecified atom stereocenters. The molecule has 1 amide bonds. The van der Waals surface area contributed by atoms with Crippen LogP contribution < -0.4 is 9.47 Å². The monoisotopic (exact) mass is 412 g/mol. The average molecular weight is 412 g/mol. The number of carboxylic acids is 1. The van der Waals surface area contributed by atoms with Crippen LogP contribution in [0.2, 0.25) is 0 Å². The number of furan rings is 1. The maximum absolute atomic E-state index is 12.5. The number of nitrogens with zero attached hydrogens (tertiary/aromatic N) is 2. The number of hydrogen-bond donors (Lipinski definition) is 1. The summed E-state index contributed by atoms with van der Waals surface area (Å²) in [5.74, 6) is -0.524. The molecule has 0 atom stereocenters. The van der Waals surface area contributed by atoms with Gasteiger partial charge in [-0.1, -0.05) is 6.07 Å². The van der Waals surface area contributed by atoms with E-state index < -0.39 is 5.97 Å². The Morgan fingerprint density at radius 1 is 1.23 bits per heavy atom. The number of carbonyl (C=O) groups is 2. The van der Waals surface area contributed by atoms with E-state index in [1.54, 1.807) is 23.1 Å². The number of aromatic carboxylic acids is 1. The van der Waals surface area contributed by atoms with Crippen LogP contribution >= 0.6 is 0 Å². The lowest BCUT2D eigenvalue weighted by Gasteiger charge is -2.26. The van der Waals surface area contributed by atoms with Gasteiger partial charge in [-0.25, -0.2) is 4.79 Å². The van der Waals surface area contributed by atoms with Crippen molar-refractivity contribution in [3.8, 4) is 17.6 Å². The minimum atomic E-state index is -1.16. The number of morpholine rings is 1. The van der Waals surface area contributed by atoms with Crippen molar-refractivity contribution < 1.29 is 33.3 Å². The number of nitriles is 1. The van der Waals surface area contributed by atoms with Crippen LogP contribution in [0.15, 0.2) is 40.3 Å². The van der Waals surface area contributed by atoms with Crippen LogP contribution in [0.25, 0.3) is 6.08 Å². The number of methoxy groups -OCH3 is 1. The van der Waals surface area contributed by atoms with E-state index >= 15 is 0 Å². The molecule has 1 aliphatic heterocycles. The van der Waals surface area contributed by atoms with Gasteiger partial charge in [-0.15, -0.1) is 0 Å². The number of hydrogen-bond acceptors (Lipinski definition) is 7. The lowest BCUT2D eigenvalue weighted by atomic mass is 10.1. The van der Waals surface area contributed by atoms with E-state index in [0.29, 0.717) is 49.1 Å². The first kappa shape index (κ1) is 21.0. The van der Waals surface area contributed by atoms with Crippen LogP contribution in [0, 0.1) is 11.3 Å². The maximum Gasteiger partial charge on any atom is 0.371 e. The van der Waals surface area contributed by atoms with Gasteiger partial charge in [-0.2, -0.15) is 5.26 Å². The number of amides is 1. The molecule has 0 radical (unpaired) electrons. The fraction of sp³-hybridized carbons (Fsp3) is 0.286. The highest BCUT2D eigenvalue weighted by Crippen LogP contribution is 2.30. The van der Waals surface area contributed by atoms with Crippen LogP contribution in [0.4, 0.5) is 0 Å². The molecule has 0 bridgehead atoms. The van der Waals surface area contributed by atoms with E-state index in [4.69, 9.17) is 23.7 Å². The van der Waals surface area contributed by atoms with E-state index in [9.17, 15) is 14.9 Å². The molecular formula is C21H20N2O7. The van der Waals surface area contributed by atoms with Crippen LogP contribution in [-0.2, 0) is 16.1 Å². The zero-order chi connectivity index (χ0) is 21.5. The van der Waals surface area contributed by atoms with Gasteiger partial charge in [0.05, 0.1) is 20.3 Å². The number of rotatable bonds is 7. The maximum atomic E-state index is 12.5. The number of benzene rings is 1. The SMILES string of the molecule is COc1cc(/C=C(/C#N)C(=O)N2CCOCC2)ccc1OCc1ccc(C(=O)O)o1. The minimum absolute atomic E-state index is 0.0117. The summed E-state index contributed by atoms with van der Waals surface area (Å²) in [6.45, 7) is 1.81. The summed E-state index contributed by atoms with van der Waals surface area (Å²) in [4.78, 5) is 25.0. The molecule has 30 heavy (non-hydrogen) atoms. The number of ether oxygens (including phenoxy) is 3. The van der Waals surface area contributed by atoms with Crippen molar-refractivity contribution in [2.24, 2.45) is 0 Å². The Morgan fingerprint density at radius 2 is 2.00 bits per heavy atom. The summed E-state index contributed by atoms with van der Waals surface area (Å²) >= 11 is 0. The first-order chi connectivity index (χ1) is 14.5. The lowest BCUT2D eigenvalue weighted by Crippen LogP contribution is -2.41. The number of carboxylic acid groups (broad SMARTS) is 1. The highest BCUT2D eigenvalue weighted by atomic mass is 16.5. The molecule has 2 heterocycles. The van der Waals surface area contributed by atoms with Gasteiger partial charge in [-0.05, 0) is 35.9 Å². The highest BCUT2D eigenvalue weighted by Gasteiger charge is 2.20. The van der Waals surface area contributed by atoms with Gasteiger partial charge in [0, 0.05) is 13.1 Å². The third kappa shape index (κ3) is 4.98. The zero-order valence-electron chi connectivity index (χ0n) is 16.3. The topological polar surface area (TPSA) is 122 Å². The van der Waals surface area contributed by atoms with Gasteiger partial charge >= 0.3 is 5.97 Å². The molecule has 2 aromatic rings. The smallest absolute Gasteiger partial charge is 0.371 e. The van der Waals surface area contributed by atoms with Gasteiger partial charge in [-0.3, -0.25) is 4.79 Å². The Balaban J connectivity index is 1.73. The standard InChI is InChI=1S/C21H20N2O7/c1-27-19-11-14(10-15(12-22)20(24)23-6-8-28-9-7-23)2-4-17(19)29-13-16-3-5-18(30-16)21(25)26/h2-5,10-11H,6-9,13H2,1H3,(H,25,26)/b15-10-. The second-order valence-corrected chi connectivity index (χ2v) is 6.34. The summed E-state index contributed by atoms with van der Waals surface area (Å²) in [7, 11) is 1.47. The minimum Gasteiger partial charge on any atom is -0.493 e.